The standard InChI is InChI=1S/C11H17N3OS/c1-8-7-10(15)14-11(13-8)16-6-2-5-12-9-3-4-9/h7,9,12H,2-6H2,1H3,(H,13,14,15). The molecule has 1 aromatic heterocycles. The minimum Gasteiger partial charge on any atom is -0.314 e. The summed E-state index contributed by atoms with van der Waals surface area (Å²) in [6.45, 7) is 2.90. The molecule has 4 nitrogen and oxygen atoms in total. The molecule has 1 aliphatic rings. The zero-order chi connectivity index (χ0) is 11.4. The third-order valence-electron chi connectivity index (χ3n) is 2.42. The van der Waals surface area contributed by atoms with Gasteiger partial charge >= 0.3 is 0 Å². The van der Waals surface area contributed by atoms with Crippen molar-refractivity contribution in [1.82, 2.24) is 15.3 Å². The van der Waals surface area contributed by atoms with Gasteiger partial charge in [-0.05, 0) is 32.7 Å². The van der Waals surface area contributed by atoms with Crippen molar-refractivity contribution in [2.24, 2.45) is 0 Å². The monoisotopic (exact) mass is 239 g/mol. The smallest absolute Gasteiger partial charge is 0.251 e. The van der Waals surface area contributed by atoms with Gasteiger partial charge in [0.05, 0.1) is 0 Å². The molecule has 5 heteroatoms. The third kappa shape index (κ3) is 3.98. The Morgan fingerprint density at radius 2 is 2.44 bits per heavy atom. The lowest BCUT2D eigenvalue weighted by Crippen LogP contribution is -2.18. The van der Waals surface area contributed by atoms with Crippen LogP contribution in [0.1, 0.15) is 25.0 Å². The molecule has 0 atom stereocenters. The first-order chi connectivity index (χ1) is 7.74. The number of thioether (sulfide) groups is 1. The average Bonchev–Trinajstić information content (AvgIpc) is 2.99. The molecular weight excluding hydrogens is 222 g/mol. The maximum Gasteiger partial charge on any atom is 0.251 e. The van der Waals surface area contributed by atoms with Gasteiger partial charge in [0, 0.05) is 23.6 Å². The van der Waals surface area contributed by atoms with Crippen LogP contribution < -0.4 is 10.9 Å². The summed E-state index contributed by atoms with van der Waals surface area (Å²) in [5.74, 6) is 0.992. The molecule has 2 N–H and O–H groups in total. The molecule has 0 unspecified atom stereocenters. The van der Waals surface area contributed by atoms with E-state index in [0.717, 1.165) is 35.6 Å². The molecule has 0 saturated heterocycles. The van der Waals surface area contributed by atoms with E-state index in [1.54, 1.807) is 11.8 Å². The van der Waals surface area contributed by atoms with Gasteiger partial charge in [0.2, 0.25) is 0 Å². The van der Waals surface area contributed by atoms with E-state index in [-0.39, 0.29) is 5.56 Å². The molecule has 1 fully saturated rings. The second kappa shape index (κ2) is 5.50. The zero-order valence-corrected chi connectivity index (χ0v) is 10.3. The van der Waals surface area contributed by atoms with Crippen LogP contribution >= 0.6 is 11.8 Å². The lowest BCUT2D eigenvalue weighted by atomic mass is 10.5. The molecule has 1 heterocycles. The minimum absolute atomic E-state index is 0.0638. The predicted octanol–water partition coefficient (Wildman–Crippen LogP) is 1.31. The van der Waals surface area contributed by atoms with Crippen molar-refractivity contribution >= 4 is 11.8 Å². The highest BCUT2D eigenvalue weighted by Gasteiger charge is 2.19. The number of rotatable bonds is 6. The Labute approximate surface area is 99.3 Å². The number of hydrogen-bond donors (Lipinski definition) is 2. The Balaban J connectivity index is 1.69. The Morgan fingerprint density at radius 3 is 3.12 bits per heavy atom. The summed E-state index contributed by atoms with van der Waals surface area (Å²) in [5.41, 5.74) is 0.716. The minimum atomic E-state index is -0.0638. The Kier molecular flexibility index (Phi) is 4.01. The van der Waals surface area contributed by atoms with Gasteiger partial charge < -0.3 is 10.3 Å². The number of aryl methyl sites for hydroxylation is 1. The first-order valence-electron chi connectivity index (χ1n) is 5.68. The summed E-state index contributed by atoms with van der Waals surface area (Å²) in [7, 11) is 0. The van der Waals surface area contributed by atoms with Crippen molar-refractivity contribution in [2.45, 2.75) is 37.4 Å². The summed E-state index contributed by atoms with van der Waals surface area (Å²) < 4.78 is 0. The summed E-state index contributed by atoms with van der Waals surface area (Å²) in [6.07, 6.45) is 3.78. The second-order valence-electron chi connectivity index (χ2n) is 4.12. The predicted molar refractivity (Wildman–Crippen MR) is 66.0 cm³/mol. The zero-order valence-electron chi connectivity index (χ0n) is 9.45. The van der Waals surface area contributed by atoms with Gasteiger partial charge in [0.15, 0.2) is 5.16 Å². The maximum atomic E-state index is 11.2. The quantitative estimate of drug-likeness (QED) is 0.446. The number of hydrogen-bond acceptors (Lipinski definition) is 4. The first-order valence-corrected chi connectivity index (χ1v) is 6.67. The molecule has 0 aliphatic heterocycles. The highest BCUT2D eigenvalue weighted by Crippen LogP contribution is 2.18. The molecular formula is C11H17N3OS. The van der Waals surface area contributed by atoms with Gasteiger partial charge in [-0.2, -0.15) is 0 Å². The fourth-order valence-corrected chi connectivity index (χ4v) is 2.32. The van der Waals surface area contributed by atoms with Crippen LogP contribution in [-0.2, 0) is 0 Å². The SMILES string of the molecule is Cc1cc(=O)[nH]c(SCCCNC2CC2)n1. The fraction of sp³-hybridized carbons (Fsp3) is 0.636. The van der Waals surface area contributed by atoms with E-state index in [9.17, 15) is 4.79 Å². The molecule has 0 aromatic carbocycles. The highest BCUT2D eigenvalue weighted by atomic mass is 32.2. The largest absolute Gasteiger partial charge is 0.314 e. The maximum absolute atomic E-state index is 11.2. The average molecular weight is 239 g/mol. The van der Waals surface area contributed by atoms with Crippen LogP contribution in [0.25, 0.3) is 0 Å². The molecule has 16 heavy (non-hydrogen) atoms. The third-order valence-corrected chi connectivity index (χ3v) is 3.38. The van der Waals surface area contributed by atoms with Crippen LogP contribution in [0, 0.1) is 6.92 Å². The first kappa shape index (κ1) is 11.7. The number of aromatic nitrogens is 2. The summed E-state index contributed by atoms with van der Waals surface area (Å²) >= 11 is 1.61. The van der Waals surface area contributed by atoms with Crippen LogP contribution in [0.15, 0.2) is 16.0 Å². The summed E-state index contributed by atoms with van der Waals surface area (Å²) in [4.78, 5) is 18.2. The van der Waals surface area contributed by atoms with Crippen molar-refractivity contribution < 1.29 is 0 Å². The van der Waals surface area contributed by atoms with E-state index in [2.05, 4.69) is 15.3 Å². The molecule has 1 saturated carbocycles. The molecule has 88 valence electrons. The molecule has 0 amide bonds. The van der Waals surface area contributed by atoms with Crippen LogP contribution in [0.4, 0.5) is 0 Å². The van der Waals surface area contributed by atoms with E-state index < -0.39 is 0 Å². The molecule has 0 radical (unpaired) electrons. The number of aromatic amines is 1. The number of H-pyrrole nitrogens is 1. The number of nitrogens with zero attached hydrogens (tertiary/aromatic N) is 1. The molecule has 0 spiro atoms. The second-order valence-corrected chi connectivity index (χ2v) is 5.21. The van der Waals surface area contributed by atoms with Crippen molar-refractivity contribution in [1.29, 1.82) is 0 Å². The number of nitrogens with one attached hydrogen (secondary N) is 2. The molecule has 1 aliphatic carbocycles. The van der Waals surface area contributed by atoms with Crippen LogP contribution in [-0.4, -0.2) is 28.3 Å². The van der Waals surface area contributed by atoms with E-state index in [0.29, 0.717) is 0 Å². The Hall–Kier alpha value is -0.810. The van der Waals surface area contributed by atoms with E-state index in [1.165, 1.54) is 18.9 Å². The summed E-state index contributed by atoms with van der Waals surface area (Å²) in [5, 5.41) is 4.19. The van der Waals surface area contributed by atoms with Gasteiger partial charge in [0.25, 0.3) is 5.56 Å². The van der Waals surface area contributed by atoms with Crippen molar-refractivity contribution in [3.63, 3.8) is 0 Å². The van der Waals surface area contributed by atoms with Gasteiger partial charge in [-0.25, -0.2) is 4.98 Å². The van der Waals surface area contributed by atoms with E-state index in [1.807, 2.05) is 6.92 Å². The normalized spacial score (nSPS) is 15.3. The summed E-state index contributed by atoms with van der Waals surface area (Å²) in [6, 6.07) is 2.29. The Bertz CT molecular complexity index is 400. The Morgan fingerprint density at radius 1 is 1.62 bits per heavy atom. The van der Waals surface area contributed by atoms with E-state index in [4.69, 9.17) is 0 Å². The van der Waals surface area contributed by atoms with Crippen LogP contribution in [0.2, 0.25) is 0 Å². The fourth-order valence-electron chi connectivity index (χ4n) is 1.45. The van der Waals surface area contributed by atoms with Crippen molar-refractivity contribution in [2.75, 3.05) is 12.3 Å². The van der Waals surface area contributed by atoms with Crippen LogP contribution in [0.3, 0.4) is 0 Å². The van der Waals surface area contributed by atoms with Crippen LogP contribution in [0.5, 0.6) is 0 Å². The topological polar surface area (TPSA) is 57.8 Å². The molecule has 2 rings (SSSR count). The lowest BCUT2D eigenvalue weighted by molar-refractivity contribution is 0.673. The molecule has 0 bridgehead atoms. The van der Waals surface area contributed by atoms with Gasteiger partial charge in [-0.15, -0.1) is 0 Å². The van der Waals surface area contributed by atoms with Gasteiger partial charge in [-0.1, -0.05) is 11.8 Å². The highest BCUT2D eigenvalue weighted by molar-refractivity contribution is 7.99. The van der Waals surface area contributed by atoms with Crippen molar-refractivity contribution in [3.05, 3.63) is 22.1 Å². The van der Waals surface area contributed by atoms with Crippen molar-refractivity contribution in [3.8, 4) is 0 Å². The van der Waals surface area contributed by atoms with E-state index >= 15 is 0 Å². The lowest BCUT2D eigenvalue weighted by Gasteiger charge is -2.02. The van der Waals surface area contributed by atoms with Gasteiger partial charge in [0.1, 0.15) is 0 Å². The molecule has 1 aromatic rings. The van der Waals surface area contributed by atoms with Gasteiger partial charge in [-0.3, -0.25) is 4.79 Å².